The Balaban J connectivity index is 1.55. The topological polar surface area (TPSA) is 154 Å². The summed E-state index contributed by atoms with van der Waals surface area (Å²) in [5.74, 6) is -0.864. The zero-order valence-corrected chi connectivity index (χ0v) is 26.8. The number of carbonyl (C=O) groups is 3. The van der Waals surface area contributed by atoms with Gasteiger partial charge in [-0.1, -0.05) is 72.0 Å². The molecule has 11 nitrogen and oxygen atoms in total. The van der Waals surface area contributed by atoms with Crippen LogP contribution in [0, 0.1) is 16.4 Å². The Kier molecular flexibility index (Phi) is 9.34. The lowest BCUT2D eigenvalue weighted by Crippen LogP contribution is -2.56. The zero-order chi connectivity index (χ0) is 33.1. The molecule has 0 unspecified atom stereocenters. The molecular weight excluding hydrogens is 580 g/mol. The molecule has 1 atom stereocenters. The van der Waals surface area contributed by atoms with Crippen LogP contribution in [0.3, 0.4) is 0 Å². The average Bonchev–Trinajstić information content (AvgIpc) is 3.17. The third-order valence-electron chi connectivity index (χ3n) is 8.81. The molecule has 0 saturated carbocycles. The Morgan fingerprint density at radius 1 is 0.848 bits per heavy atom. The lowest BCUT2D eigenvalue weighted by molar-refractivity contribution is -0.133. The maximum absolute atomic E-state index is 14.1. The van der Waals surface area contributed by atoms with Crippen molar-refractivity contribution in [1.82, 2.24) is 21.0 Å². The fraction of sp³-hybridized carbons (Fsp3) is 0.371. The van der Waals surface area contributed by atoms with Crippen LogP contribution >= 0.6 is 0 Å². The Morgan fingerprint density at radius 2 is 1.52 bits per heavy atom. The summed E-state index contributed by atoms with van der Waals surface area (Å²) in [6.07, 6.45) is 1.15. The van der Waals surface area contributed by atoms with Gasteiger partial charge in [0.1, 0.15) is 11.6 Å². The van der Waals surface area contributed by atoms with Crippen LogP contribution in [0.25, 0.3) is 11.1 Å². The van der Waals surface area contributed by atoms with Gasteiger partial charge >= 0.3 is 0 Å². The first-order valence-corrected chi connectivity index (χ1v) is 15.6. The fourth-order valence-electron chi connectivity index (χ4n) is 5.91. The Hall–Kier alpha value is -4.90. The molecule has 0 saturated heterocycles. The number of hydrogen-bond acceptors (Lipinski definition) is 7. The number of nitrogens with zero attached hydrogens (tertiary/aromatic N) is 3. The minimum absolute atomic E-state index is 0.0827. The van der Waals surface area contributed by atoms with Crippen LogP contribution in [0.4, 0.5) is 5.69 Å². The first-order valence-electron chi connectivity index (χ1n) is 15.6. The zero-order valence-electron chi connectivity index (χ0n) is 26.8. The van der Waals surface area contributed by atoms with Crippen molar-refractivity contribution in [2.45, 2.75) is 58.7 Å². The van der Waals surface area contributed by atoms with Gasteiger partial charge in [0.15, 0.2) is 5.84 Å². The van der Waals surface area contributed by atoms with E-state index >= 15 is 0 Å². The summed E-state index contributed by atoms with van der Waals surface area (Å²) < 4.78 is 0. The highest BCUT2D eigenvalue weighted by molar-refractivity contribution is 6.05. The van der Waals surface area contributed by atoms with Gasteiger partial charge in [-0.2, -0.15) is 5.53 Å². The van der Waals surface area contributed by atoms with Crippen LogP contribution in [-0.4, -0.2) is 59.8 Å². The van der Waals surface area contributed by atoms with Crippen LogP contribution in [0.1, 0.15) is 50.8 Å². The standard InChI is InChI=1S/C35H42N8O3/c1-34(2)22-38-19-20-39-33(46)35(3,4)43(41-37)30(36)27-11-7-6-10-26(27)24-15-13-23(14-16-24)21-42-29-12-8-5-9-25(29)17-18-28(31(42)44)40-32(34)45/h5-16,28,36-38H,17-22H2,1-4H3,(H,39,46)(H,40,45)/t28-/m1/s1. The Morgan fingerprint density at radius 3 is 2.24 bits per heavy atom. The van der Waals surface area contributed by atoms with Crippen molar-refractivity contribution in [3.63, 3.8) is 0 Å². The van der Waals surface area contributed by atoms with Gasteiger partial charge in [0.25, 0.3) is 0 Å². The molecule has 3 aliphatic heterocycles. The molecule has 0 fully saturated rings. The Bertz CT molecular complexity index is 1650. The van der Waals surface area contributed by atoms with E-state index in [2.05, 4.69) is 21.2 Å². The van der Waals surface area contributed by atoms with Gasteiger partial charge in [-0.25, -0.2) is 5.01 Å². The molecule has 240 valence electrons. The molecule has 3 aromatic rings. The number of anilines is 1. The van der Waals surface area contributed by atoms with Gasteiger partial charge < -0.3 is 20.9 Å². The first-order chi connectivity index (χ1) is 21.9. The summed E-state index contributed by atoms with van der Waals surface area (Å²) in [5, 5.41) is 22.9. The molecule has 5 N–H and O–H groups in total. The minimum Gasteiger partial charge on any atom is -0.353 e. The summed E-state index contributed by atoms with van der Waals surface area (Å²) in [6, 6.07) is 22.3. The van der Waals surface area contributed by atoms with Crippen molar-refractivity contribution in [3.8, 4) is 11.1 Å². The number of benzene rings is 3. The lowest BCUT2D eigenvalue weighted by Gasteiger charge is -2.34. The number of carbonyl (C=O) groups excluding carboxylic acids is 3. The van der Waals surface area contributed by atoms with E-state index in [1.54, 1.807) is 24.8 Å². The molecule has 0 aromatic heterocycles. The number of fused-ring (bicyclic) bond motifs is 14. The van der Waals surface area contributed by atoms with Crippen LogP contribution in [0.5, 0.6) is 0 Å². The summed E-state index contributed by atoms with van der Waals surface area (Å²) in [6.45, 7) is 8.18. The lowest BCUT2D eigenvalue weighted by atomic mass is 9.91. The van der Waals surface area contributed by atoms with E-state index in [1.807, 2.05) is 80.6 Å². The van der Waals surface area contributed by atoms with Crippen molar-refractivity contribution in [1.29, 1.82) is 10.9 Å². The summed E-state index contributed by atoms with van der Waals surface area (Å²) in [4.78, 5) is 42.6. The van der Waals surface area contributed by atoms with E-state index in [1.165, 1.54) is 0 Å². The molecular formula is C35H42N8O3. The van der Waals surface area contributed by atoms with Gasteiger partial charge in [0.05, 0.1) is 12.0 Å². The molecule has 0 aliphatic carbocycles. The van der Waals surface area contributed by atoms with Crippen molar-refractivity contribution < 1.29 is 14.4 Å². The Labute approximate surface area is 269 Å². The number of aryl methyl sites for hydroxylation is 1. The van der Waals surface area contributed by atoms with Crippen molar-refractivity contribution in [2.75, 3.05) is 24.5 Å². The average molecular weight is 623 g/mol. The van der Waals surface area contributed by atoms with Crippen LogP contribution < -0.4 is 20.9 Å². The van der Waals surface area contributed by atoms with Gasteiger partial charge in [-0.05, 0) is 68.9 Å². The van der Waals surface area contributed by atoms with Crippen LogP contribution in [0.2, 0.25) is 0 Å². The molecule has 3 aliphatic rings. The van der Waals surface area contributed by atoms with E-state index < -0.39 is 22.9 Å². The molecule has 11 heteroatoms. The molecule has 6 rings (SSSR count). The predicted octanol–water partition coefficient (Wildman–Crippen LogP) is 4.42. The molecule has 0 radical (unpaired) electrons. The maximum atomic E-state index is 14.1. The van der Waals surface area contributed by atoms with Crippen LogP contribution in [-0.2, 0) is 27.3 Å². The second-order valence-corrected chi connectivity index (χ2v) is 13.0. The molecule has 3 aromatic carbocycles. The summed E-state index contributed by atoms with van der Waals surface area (Å²) in [5.41, 5.74) is 10.6. The van der Waals surface area contributed by atoms with Crippen molar-refractivity contribution in [3.05, 3.63) is 89.5 Å². The fourth-order valence-corrected chi connectivity index (χ4v) is 5.91. The second kappa shape index (κ2) is 13.2. The molecule has 46 heavy (non-hydrogen) atoms. The minimum atomic E-state index is -1.33. The molecule has 3 heterocycles. The number of amidine groups is 1. The molecule has 3 amide bonds. The normalized spacial score (nSPS) is 20.7. The number of amides is 3. The first kappa shape index (κ1) is 32.5. The monoisotopic (exact) mass is 622 g/mol. The largest absolute Gasteiger partial charge is 0.353 e. The highest BCUT2D eigenvalue weighted by Crippen LogP contribution is 2.31. The quantitative estimate of drug-likeness (QED) is 0.201. The van der Waals surface area contributed by atoms with Crippen LogP contribution in [0.15, 0.2) is 78.0 Å². The smallest absolute Gasteiger partial charge is 0.249 e. The van der Waals surface area contributed by atoms with Crippen molar-refractivity contribution >= 4 is 29.2 Å². The van der Waals surface area contributed by atoms with Gasteiger partial charge in [0.2, 0.25) is 17.7 Å². The number of para-hydroxylation sites is 1. The summed E-state index contributed by atoms with van der Waals surface area (Å²) in [7, 11) is 0. The molecule has 0 spiro atoms. The third kappa shape index (κ3) is 6.55. The van der Waals surface area contributed by atoms with E-state index in [4.69, 9.17) is 10.9 Å². The highest BCUT2D eigenvalue weighted by Gasteiger charge is 2.39. The van der Waals surface area contributed by atoms with E-state index in [0.717, 1.165) is 33.0 Å². The van der Waals surface area contributed by atoms with E-state index in [9.17, 15) is 14.4 Å². The predicted molar refractivity (Wildman–Crippen MR) is 177 cm³/mol. The van der Waals surface area contributed by atoms with Gasteiger partial charge in [0, 0.05) is 30.9 Å². The maximum Gasteiger partial charge on any atom is 0.249 e. The number of nitrogens with one attached hydrogen (secondary N) is 5. The highest BCUT2D eigenvalue weighted by atomic mass is 16.2. The molecule has 4 bridgehead atoms. The summed E-state index contributed by atoms with van der Waals surface area (Å²) >= 11 is 0. The number of rotatable bonds is 1. The van der Waals surface area contributed by atoms with Gasteiger partial charge in [-0.3, -0.25) is 19.8 Å². The third-order valence-corrected chi connectivity index (χ3v) is 8.81. The number of hydrogen-bond donors (Lipinski definition) is 5. The van der Waals surface area contributed by atoms with Crippen molar-refractivity contribution in [2.24, 2.45) is 10.6 Å². The second-order valence-electron chi connectivity index (χ2n) is 13.0. The van der Waals surface area contributed by atoms with E-state index in [0.29, 0.717) is 38.0 Å². The SMILES string of the molecule is CC1(C)CNCCNC(=O)C(C)(C)N(N=N)C(=N)c2ccccc2-c2ccc(cc2)CN2C(=O)[C@@H](CCc3ccccc32)NC1=O. The van der Waals surface area contributed by atoms with Gasteiger partial charge in [-0.15, -0.1) is 0 Å². The van der Waals surface area contributed by atoms with E-state index in [-0.39, 0.29) is 24.2 Å².